The number of hydrogen-bond donors (Lipinski definition) is 1. The fourth-order valence-corrected chi connectivity index (χ4v) is 5.89. The minimum absolute atomic E-state index is 0.0722. The SMILES string of the molecule is CC[C@H](Oc1ccccc1)C(=O)O[C@H](C)C(=O)NC12CC3CC(CC(C3)C1)C2. The van der Waals surface area contributed by atoms with E-state index in [4.69, 9.17) is 9.47 Å². The molecule has 4 saturated carbocycles. The summed E-state index contributed by atoms with van der Waals surface area (Å²) in [5, 5.41) is 3.28. The molecule has 1 amide bonds. The van der Waals surface area contributed by atoms with E-state index < -0.39 is 18.2 Å². The maximum absolute atomic E-state index is 12.8. The average Bonchev–Trinajstić information content (AvgIpc) is 2.65. The van der Waals surface area contributed by atoms with E-state index in [0.717, 1.165) is 37.0 Å². The molecule has 2 atom stereocenters. The minimum Gasteiger partial charge on any atom is -0.479 e. The van der Waals surface area contributed by atoms with Crippen molar-refractivity contribution < 1.29 is 19.1 Å². The molecule has 152 valence electrons. The van der Waals surface area contributed by atoms with Gasteiger partial charge in [-0.3, -0.25) is 4.79 Å². The van der Waals surface area contributed by atoms with Crippen LogP contribution in [0.15, 0.2) is 30.3 Å². The molecule has 28 heavy (non-hydrogen) atoms. The monoisotopic (exact) mass is 385 g/mol. The van der Waals surface area contributed by atoms with Gasteiger partial charge in [-0.2, -0.15) is 0 Å². The number of amides is 1. The van der Waals surface area contributed by atoms with E-state index in [-0.39, 0.29) is 11.4 Å². The first-order valence-corrected chi connectivity index (χ1v) is 10.7. The fraction of sp³-hybridized carbons (Fsp3) is 0.652. The molecular formula is C23H31NO4. The second kappa shape index (κ2) is 7.76. The molecule has 5 heteroatoms. The lowest BCUT2D eigenvalue weighted by atomic mass is 9.53. The van der Waals surface area contributed by atoms with Gasteiger partial charge in [0.05, 0.1) is 0 Å². The van der Waals surface area contributed by atoms with Crippen LogP contribution in [0.1, 0.15) is 58.8 Å². The molecule has 0 heterocycles. The van der Waals surface area contributed by atoms with Crippen LogP contribution in [-0.2, 0) is 14.3 Å². The van der Waals surface area contributed by atoms with Gasteiger partial charge in [-0.1, -0.05) is 25.1 Å². The van der Waals surface area contributed by atoms with E-state index in [0.29, 0.717) is 12.2 Å². The van der Waals surface area contributed by atoms with Crippen molar-refractivity contribution in [1.29, 1.82) is 0 Å². The van der Waals surface area contributed by atoms with E-state index in [2.05, 4.69) is 5.32 Å². The Labute approximate surface area is 167 Å². The highest BCUT2D eigenvalue weighted by Crippen LogP contribution is 2.55. The molecule has 5 rings (SSSR count). The molecule has 1 aromatic rings. The second-order valence-corrected chi connectivity index (χ2v) is 9.09. The molecule has 0 unspecified atom stereocenters. The number of para-hydroxylation sites is 1. The third-order valence-electron chi connectivity index (χ3n) is 6.74. The zero-order valence-corrected chi connectivity index (χ0v) is 16.9. The Balaban J connectivity index is 1.33. The van der Waals surface area contributed by atoms with Crippen LogP contribution in [0.3, 0.4) is 0 Å². The molecule has 0 aromatic heterocycles. The maximum atomic E-state index is 12.8. The van der Waals surface area contributed by atoms with Crippen molar-refractivity contribution in [2.24, 2.45) is 17.8 Å². The summed E-state index contributed by atoms with van der Waals surface area (Å²) in [5.41, 5.74) is -0.0722. The van der Waals surface area contributed by atoms with Crippen LogP contribution in [0, 0.1) is 17.8 Å². The Hall–Kier alpha value is -2.04. The van der Waals surface area contributed by atoms with Gasteiger partial charge in [0.1, 0.15) is 5.75 Å². The van der Waals surface area contributed by atoms with Gasteiger partial charge in [0.2, 0.25) is 0 Å². The third kappa shape index (κ3) is 4.03. The van der Waals surface area contributed by atoms with Crippen LogP contribution in [0.4, 0.5) is 0 Å². The Kier molecular flexibility index (Phi) is 5.35. The first kappa shape index (κ1) is 19.3. The summed E-state index contributed by atoms with van der Waals surface area (Å²) in [6.07, 6.45) is 6.20. The van der Waals surface area contributed by atoms with Crippen molar-refractivity contribution >= 4 is 11.9 Å². The minimum atomic E-state index is -0.811. The zero-order chi connectivity index (χ0) is 19.7. The molecule has 0 radical (unpaired) electrons. The highest BCUT2D eigenvalue weighted by Gasteiger charge is 2.51. The summed E-state index contributed by atoms with van der Waals surface area (Å²) in [6.45, 7) is 3.53. The summed E-state index contributed by atoms with van der Waals surface area (Å²) in [6, 6.07) is 9.21. The number of nitrogens with one attached hydrogen (secondary N) is 1. The van der Waals surface area contributed by atoms with E-state index in [1.54, 1.807) is 19.1 Å². The lowest BCUT2D eigenvalue weighted by Gasteiger charge is -2.57. The van der Waals surface area contributed by atoms with Crippen LogP contribution in [0.5, 0.6) is 5.75 Å². The number of benzene rings is 1. The molecule has 4 fully saturated rings. The number of carbonyl (C=O) groups excluding carboxylic acids is 2. The molecule has 1 aromatic carbocycles. The molecule has 0 aliphatic heterocycles. The van der Waals surface area contributed by atoms with E-state index in [1.165, 1.54) is 19.3 Å². The van der Waals surface area contributed by atoms with Crippen LogP contribution < -0.4 is 10.1 Å². The molecule has 1 N–H and O–H groups in total. The number of carbonyl (C=O) groups is 2. The Morgan fingerprint density at radius 3 is 2.18 bits per heavy atom. The van der Waals surface area contributed by atoms with Crippen LogP contribution in [0.2, 0.25) is 0 Å². The predicted octanol–water partition coefficient (Wildman–Crippen LogP) is 3.86. The van der Waals surface area contributed by atoms with Crippen molar-refractivity contribution in [2.75, 3.05) is 0 Å². The highest BCUT2D eigenvalue weighted by atomic mass is 16.6. The van der Waals surface area contributed by atoms with Crippen LogP contribution in [-0.4, -0.2) is 29.6 Å². The van der Waals surface area contributed by atoms with Gasteiger partial charge in [0.15, 0.2) is 12.2 Å². The standard InChI is InChI=1S/C23H31NO4/c1-3-20(28-19-7-5-4-6-8-19)22(26)27-15(2)21(25)24-23-12-16-9-17(13-23)11-18(10-16)14-23/h4-8,15-18,20H,3,9-14H2,1-2H3,(H,24,25)/t15-,16?,17?,18?,20+,23?/m1/s1. The van der Waals surface area contributed by atoms with Crippen molar-refractivity contribution in [2.45, 2.75) is 76.5 Å². The van der Waals surface area contributed by atoms with Gasteiger partial charge in [-0.25, -0.2) is 4.79 Å². The van der Waals surface area contributed by atoms with Gasteiger partial charge in [0, 0.05) is 5.54 Å². The van der Waals surface area contributed by atoms with Crippen molar-refractivity contribution in [3.8, 4) is 5.75 Å². The van der Waals surface area contributed by atoms with E-state index >= 15 is 0 Å². The quantitative estimate of drug-likeness (QED) is 0.724. The van der Waals surface area contributed by atoms with Gasteiger partial charge in [-0.15, -0.1) is 0 Å². The molecule has 5 nitrogen and oxygen atoms in total. The fourth-order valence-electron chi connectivity index (χ4n) is 5.89. The zero-order valence-electron chi connectivity index (χ0n) is 16.9. The lowest BCUT2D eigenvalue weighted by molar-refractivity contribution is -0.163. The molecule has 0 saturated heterocycles. The van der Waals surface area contributed by atoms with Crippen LogP contribution >= 0.6 is 0 Å². The number of ether oxygens (including phenoxy) is 2. The Bertz CT molecular complexity index is 681. The normalized spacial score (nSPS) is 32.4. The predicted molar refractivity (Wildman–Crippen MR) is 106 cm³/mol. The van der Waals surface area contributed by atoms with Gasteiger partial charge in [0.25, 0.3) is 5.91 Å². The molecule has 4 aliphatic rings. The summed E-state index contributed by atoms with van der Waals surface area (Å²) in [4.78, 5) is 25.3. The first-order chi connectivity index (χ1) is 13.5. The number of esters is 1. The summed E-state index contributed by atoms with van der Waals surface area (Å²) < 4.78 is 11.2. The summed E-state index contributed by atoms with van der Waals surface area (Å²) >= 11 is 0. The van der Waals surface area contributed by atoms with Crippen molar-refractivity contribution in [3.63, 3.8) is 0 Å². The average molecular weight is 386 g/mol. The third-order valence-corrected chi connectivity index (χ3v) is 6.74. The van der Waals surface area contributed by atoms with E-state index in [9.17, 15) is 9.59 Å². The number of rotatable bonds is 7. The largest absolute Gasteiger partial charge is 0.479 e. The van der Waals surface area contributed by atoms with Crippen LogP contribution in [0.25, 0.3) is 0 Å². The second-order valence-electron chi connectivity index (χ2n) is 9.09. The maximum Gasteiger partial charge on any atom is 0.348 e. The van der Waals surface area contributed by atoms with Gasteiger partial charge in [-0.05, 0) is 81.8 Å². The Morgan fingerprint density at radius 1 is 1.07 bits per heavy atom. The molecular weight excluding hydrogens is 354 g/mol. The molecule has 4 aliphatic carbocycles. The van der Waals surface area contributed by atoms with Crippen molar-refractivity contribution in [3.05, 3.63) is 30.3 Å². The summed E-state index contributed by atoms with van der Waals surface area (Å²) in [5.74, 6) is 2.23. The van der Waals surface area contributed by atoms with Crippen molar-refractivity contribution in [1.82, 2.24) is 5.32 Å². The highest BCUT2D eigenvalue weighted by molar-refractivity contribution is 5.85. The molecule has 0 spiro atoms. The van der Waals surface area contributed by atoms with Gasteiger partial charge >= 0.3 is 5.97 Å². The Morgan fingerprint density at radius 2 is 1.64 bits per heavy atom. The van der Waals surface area contributed by atoms with E-state index in [1.807, 2.05) is 25.1 Å². The lowest BCUT2D eigenvalue weighted by Crippen LogP contribution is -2.61. The number of hydrogen-bond acceptors (Lipinski definition) is 4. The first-order valence-electron chi connectivity index (χ1n) is 10.7. The smallest absolute Gasteiger partial charge is 0.348 e. The van der Waals surface area contributed by atoms with Gasteiger partial charge < -0.3 is 14.8 Å². The molecule has 4 bridgehead atoms. The summed E-state index contributed by atoms with van der Waals surface area (Å²) in [7, 11) is 0. The topological polar surface area (TPSA) is 64.6 Å².